The van der Waals surface area contributed by atoms with Gasteiger partial charge in [-0.05, 0) is 42.9 Å². The van der Waals surface area contributed by atoms with Crippen molar-refractivity contribution in [3.63, 3.8) is 0 Å². The van der Waals surface area contributed by atoms with Gasteiger partial charge in [-0.3, -0.25) is 0 Å². The molecule has 0 aliphatic rings. The summed E-state index contributed by atoms with van der Waals surface area (Å²) in [5.74, 6) is 0.233. The van der Waals surface area contributed by atoms with E-state index in [0.29, 0.717) is 23.1 Å². The van der Waals surface area contributed by atoms with Gasteiger partial charge in [0.2, 0.25) is 0 Å². The van der Waals surface area contributed by atoms with Gasteiger partial charge in [-0.1, -0.05) is 27.7 Å². The molecule has 0 saturated carbocycles. The molecule has 0 unspecified atom stereocenters. The average Bonchev–Trinajstić information content (AvgIpc) is 2.36. The molecule has 0 heterocycles. The van der Waals surface area contributed by atoms with Gasteiger partial charge in [-0.15, -0.1) is 0 Å². The van der Waals surface area contributed by atoms with Gasteiger partial charge in [0.15, 0.2) is 0 Å². The Morgan fingerprint density at radius 3 is 2.24 bits per heavy atom. The zero-order valence-corrected chi connectivity index (χ0v) is 13.6. The number of carbonyl (C=O) groups is 1. The maximum absolute atomic E-state index is 13.5. The lowest BCUT2D eigenvalue weighted by molar-refractivity contribution is 0.0601. The Bertz CT molecular complexity index is 462. The maximum Gasteiger partial charge on any atom is 0.339 e. The van der Waals surface area contributed by atoms with E-state index in [9.17, 15) is 9.18 Å². The molecule has 0 aliphatic heterocycles. The highest BCUT2D eigenvalue weighted by atomic mass is 19.1. The number of rotatable bonds is 7. The van der Waals surface area contributed by atoms with Gasteiger partial charge in [0.25, 0.3) is 0 Å². The zero-order chi connectivity index (χ0) is 16.0. The first-order valence-electron chi connectivity index (χ1n) is 7.47. The number of anilines is 1. The van der Waals surface area contributed by atoms with Crippen molar-refractivity contribution in [1.82, 2.24) is 0 Å². The van der Waals surface area contributed by atoms with Crippen molar-refractivity contribution in [3.8, 4) is 0 Å². The number of hydrogen-bond donors (Lipinski definition) is 1. The van der Waals surface area contributed by atoms with Crippen LogP contribution in [0.15, 0.2) is 18.2 Å². The van der Waals surface area contributed by atoms with Crippen LogP contribution < -0.4 is 5.32 Å². The van der Waals surface area contributed by atoms with Gasteiger partial charge in [0, 0.05) is 6.04 Å². The molecule has 0 atom stereocenters. The molecule has 0 spiro atoms. The summed E-state index contributed by atoms with van der Waals surface area (Å²) in [4.78, 5) is 11.8. The Balaban J connectivity index is 3.00. The first-order valence-corrected chi connectivity index (χ1v) is 7.47. The molecule has 4 heteroatoms. The highest BCUT2D eigenvalue weighted by Gasteiger charge is 2.18. The third kappa shape index (κ3) is 5.74. The van der Waals surface area contributed by atoms with Gasteiger partial charge in [0.1, 0.15) is 5.82 Å². The first kappa shape index (κ1) is 17.5. The summed E-state index contributed by atoms with van der Waals surface area (Å²) in [5.41, 5.74) is 0.879. The van der Waals surface area contributed by atoms with Gasteiger partial charge >= 0.3 is 5.97 Å². The van der Waals surface area contributed by atoms with Crippen molar-refractivity contribution in [3.05, 3.63) is 29.6 Å². The minimum Gasteiger partial charge on any atom is -0.465 e. The molecule has 0 radical (unpaired) electrons. The summed E-state index contributed by atoms with van der Waals surface area (Å²) in [6, 6.07) is 4.30. The van der Waals surface area contributed by atoms with Crippen LogP contribution in [0.4, 0.5) is 10.1 Å². The fraction of sp³-hybridized carbons (Fsp3) is 0.588. The van der Waals surface area contributed by atoms with Crippen molar-refractivity contribution in [2.75, 3.05) is 12.4 Å². The van der Waals surface area contributed by atoms with E-state index in [1.165, 1.54) is 25.3 Å². The lowest BCUT2D eigenvalue weighted by atomic mass is 9.95. The van der Waals surface area contributed by atoms with E-state index in [4.69, 9.17) is 4.74 Å². The SMILES string of the molecule is COC(=O)c1ccc(F)cc1NC(CC(C)C)CC(C)C. The van der Waals surface area contributed by atoms with Crippen LogP contribution in [0.25, 0.3) is 0 Å². The molecule has 3 nitrogen and oxygen atoms in total. The van der Waals surface area contributed by atoms with Crippen LogP contribution in [-0.4, -0.2) is 19.1 Å². The highest BCUT2D eigenvalue weighted by molar-refractivity contribution is 5.95. The molecule has 1 rings (SSSR count). The summed E-state index contributed by atoms with van der Waals surface area (Å²) >= 11 is 0. The minimum atomic E-state index is -0.453. The van der Waals surface area contributed by atoms with E-state index >= 15 is 0 Å². The molecule has 0 fully saturated rings. The van der Waals surface area contributed by atoms with Crippen LogP contribution in [0, 0.1) is 17.7 Å². The molecule has 0 aromatic heterocycles. The fourth-order valence-electron chi connectivity index (χ4n) is 2.50. The van der Waals surface area contributed by atoms with Crippen molar-refractivity contribution >= 4 is 11.7 Å². The van der Waals surface area contributed by atoms with Crippen molar-refractivity contribution in [1.29, 1.82) is 0 Å². The monoisotopic (exact) mass is 295 g/mol. The molecule has 118 valence electrons. The van der Waals surface area contributed by atoms with Crippen LogP contribution in [0.1, 0.15) is 50.9 Å². The topological polar surface area (TPSA) is 38.3 Å². The number of ether oxygens (including phenoxy) is 1. The largest absolute Gasteiger partial charge is 0.465 e. The van der Waals surface area contributed by atoms with Crippen LogP contribution in [0.5, 0.6) is 0 Å². The van der Waals surface area contributed by atoms with Crippen LogP contribution in [0.2, 0.25) is 0 Å². The highest BCUT2D eigenvalue weighted by Crippen LogP contribution is 2.23. The van der Waals surface area contributed by atoms with E-state index in [-0.39, 0.29) is 11.9 Å². The molecule has 0 saturated heterocycles. The normalized spacial score (nSPS) is 11.3. The number of carbonyl (C=O) groups excluding carboxylic acids is 1. The second-order valence-electron chi connectivity index (χ2n) is 6.28. The molecule has 1 aromatic carbocycles. The Hall–Kier alpha value is -1.58. The number of benzene rings is 1. The number of esters is 1. The number of methoxy groups -OCH3 is 1. The quantitative estimate of drug-likeness (QED) is 0.753. The Morgan fingerprint density at radius 1 is 1.19 bits per heavy atom. The first-order chi connectivity index (χ1) is 9.83. The van der Waals surface area contributed by atoms with E-state index in [1.54, 1.807) is 0 Å². The molecular weight excluding hydrogens is 269 g/mol. The summed E-state index contributed by atoms with van der Waals surface area (Å²) in [6.07, 6.45) is 1.94. The summed E-state index contributed by atoms with van der Waals surface area (Å²) in [7, 11) is 1.33. The third-order valence-corrected chi connectivity index (χ3v) is 3.26. The van der Waals surface area contributed by atoms with Crippen molar-refractivity contribution < 1.29 is 13.9 Å². The lowest BCUT2D eigenvalue weighted by Gasteiger charge is -2.24. The Kier molecular flexibility index (Phi) is 6.66. The summed E-state index contributed by atoms with van der Waals surface area (Å²) < 4.78 is 18.3. The van der Waals surface area contributed by atoms with E-state index in [1.807, 2.05) is 0 Å². The van der Waals surface area contributed by atoms with Crippen LogP contribution in [-0.2, 0) is 4.74 Å². The number of hydrogen-bond acceptors (Lipinski definition) is 3. The molecule has 0 amide bonds. The number of halogens is 1. The van der Waals surface area contributed by atoms with E-state index in [2.05, 4.69) is 33.0 Å². The minimum absolute atomic E-state index is 0.204. The smallest absolute Gasteiger partial charge is 0.339 e. The average molecular weight is 295 g/mol. The van der Waals surface area contributed by atoms with Gasteiger partial charge in [-0.2, -0.15) is 0 Å². The Labute approximate surface area is 126 Å². The van der Waals surface area contributed by atoms with Gasteiger partial charge in [0.05, 0.1) is 18.4 Å². The van der Waals surface area contributed by atoms with Crippen LogP contribution in [0.3, 0.4) is 0 Å². The second-order valence-corrected chi connectivity index (χ2v) is 6.28. The standard InChI is InChI=1S/C17H26FNO2/c1-11(2)8-14(9-12(3)4)19-16-10-13(18)6-7-15(16)17(20)21-5/h6-7,10-12,14,19H,8-9H2,1-5H3. The Morgan fingerprint density at radius 2 is 1.76 bits per heavy atom. The summed E-state index contributed by atoms with van der Waals surface area (Å²) in [6.45, 7) is 8.62. The molecule has 0 aliphatic carbocycles. The van der Waals surface area contributed by atoms with Crippen molar-refractivity contribution in [2.24, 2.45) is 11.8 Å². The zero-order valence-electron chi connectivity index (χ0n) is 13.6. The fourth-order valence-corrected chi connectivity index (χ4v) is 2.50. The van der Waals surface area contributed by atoms with E-state index in [0.717, 1.165) is 12.8 Å². The third-order valence-electron chi connectivity index (χ3n) is 3.26. The maximum atomic E-state index is 13.5. The predicted molar refractivity (Wildman–Crippen MR) is 84.1 cm³/mol. The summed E-state index contributed by atoms with van der Waals surface area (Å²) in [5, 5.41) is 3.33. The van der Waals surface area contributed by atoms with Crippen LogP contribution >= 0.6 is 0 Å². The van der Waals surface area contributed by atoms with E-state index < -0.39 is 5.97 Å². The predicted octanol–water partition coefficient (Wildman–Crippen LogP) is 4.49. The lowest BCUT2D eigenvalue weighted by Crippen LogP contribution is -2.25. The second kappa shape index (κ2) is 8.01. The molecular formula is C17H26FNO2. The molecule has 21 heavy (non-hydrogen) atoms. The molecule has 0 bridgehead atoms. The molecule has 1 N–H and O–H groups in total. The number of nitrogens with one attached hydrogen (secondary N) is 1. The van der Waals surface area contributed by atoms with Crippen molar-refractivity contribution in [2.45, 2.75) is 46.6 Å². The van der Waals surface area contributed by atoms with Gasteiger partial charge in [-0.25, -0.2) is 9.18 Å². The van der Waals surface area contributed by atoms with Gasteiger partial charge < -0.3 is 10.1 Å². The molecule has 1 aromatic rings.